The van der Waals surface area contributed by atoms with Gasteiger partial charge in [-0.2, -0.15) is 0 Å². The highest BCUT2D eigenvalue weighted by Crippen LogP contribution is 2.23. The first kappa shape index (κ1) is 13.3. The fourth-order valence-corrected chi connectivity index (χ4v) is 1.46. The zero-order valence-electron chi connectivity index (χ0n) is 9.37. The first-order chi connectivity index (χ1) is 7.67. The van der Waals surface area contributed by atoms with Gasteiger partial charge in [-0.05, 0) is 17.7 Å². The summed E-state index contributed by atoms with van der Waals surface area (Å²) in [6.45, 7) is 1.23. The highest BCUT2D eigenvalue weighted by Gasteiger charge is 2.04. The summed E-state index contributed by atoms with van der Waals surface area (Å²) in [4.78, 5) is 0. The fraction of sp³-hybridized carbons (Fsp3) is 0.455. The number of rotatable bonds is 6. The Morgan fingerprint density at radius 1 is 1.38 bits per heavy atom. The van der Waals surface area contributed by atoms with Crippen LogP contribution in [0.5, 0.6) is 5.75 Å². The molecule has 0 aliphatic rings. The minimum atomic E-state index is -0.257. The van der Waals surface area contributed by atoms with Gasteiger partial charge < -0.3 is 19.9 Å². The van der Waals surface area contributed by atoms with Gasteiger partial charge in [0.15, 0.2) is 6.29 Å². The van der Waals surface area contributed by atoms with Crippen LogP contribution in [0.1, 0.15) is 5.56 Å². The average Bonchev–Trinajstić information content (AvgIpc) is 2.29. The van der Waals surface area contributed by atoms with E-state index >= 15 is 0 Å². The lowest BCUT2D eigenvalue weighted by atomic mass is 10.2. The normalized spacial score (nSPS) is 11.0. The van der Waals surface area contributed by atoms with E-state index in [9.17, 15) is 5.11 Å². The molecule has 5 heteroatoms. The molecule has 16 heavy (non-hydrogen) atoms. The van der Waals surface area contributed by atoms with Gasteiger partial charge in [-0.3, -0.25) is 0 Å². The van der Waals surface area contributed by atoms with Gasteiger partial charge in [-0.25, -0.2) is 0 Å². The first-order valence-electron chi connectivity index (χ1n) is 4.91. The largest absolute Gasteiger partial charge is 0.506 e. The zero-order valence-corrected chi connectivity index (χ0v) is 10.1. The van der Waals surface area contributed by atoms with Crippen LogP contribution >= 0.6 is 11.6 Å². The van der Waals surface area contributed by atoms with Crippen LogP contribution in [0, 0.1) is 0 Å². The van der Waals surface area contributed by atoms with E-state index in [4.69, 9.17) is 21.1 Å². The van der Waals surface area contributed by atoms with Gasteiger partial charge >= 0.3 is 0 Å². The Bertz CT molecular complexity index is 329. The second-order valence-corrected chi connectivity index (χ2v) is 3.72. The molecule has 0 heterocycles. The zero-order chi connectivity index (χ0) is 12.0. The summed E-state index contributed by atoms with van der Waals surface area (Å²) < 4.78 is 10.1. The van der Waals surface area contributed by atoms with Crippen LogP contribution in [0.3, 0.4) is 0 Å². The molecule has 0 aliphatic heterocycles. The quantitative estimate of drug-likeness (QED) is 0.750. The monoisotopic (exact) mass is 245 g/mol. The molecule has 1 aromatic carbocycles. The van der Waals surface area contributed by atoms with E-state index in [0.29, 0.717) is 18.1 Å². The number of aromatic hydroxyl groups is 1. The van der Waals surface area contributed by atoms with Crippen LogP contribution in [-0.4, -0.2) is 32.2 Å². The maximum absolute atomic E-state index is 9.24. The Kier molecular flexibility index (Phi) is 5.55. The molecule has 0 radical (unpaired) electrons. The van der Waals surface area contributed by atoms with E-state index in [1.54, 1.807) is 26.4 Å². The van der Waals surface area contributed by atoms with E-state index < -0.39 is 0 Å². The molecule has 0 spiro atoms. The van der Waals surface area contributed by atoms with Crippen LogP contribution in [-0.2, 0) is 16.0 Å². The third-order valence-electron chi connectivity index (χ3n) is 2.18. The fourth-order valence-electron chi connectivity index (χ4n) is 1.26. The van der Waals surface area contributed by atoms with Crippen molar-refractivity contribution in [3.05, 3.63) is 28.8 Å². The van der Waals surface area contributed by atoms with E-state index in [-0.39, 0.29) is 12.0 Å². The molecule has 1 aromatic rings. The van der Waals surface area contributed by atoms with Crippen molar-refractivity contribution in [2.45, 2.75) is 12.8 Å². The number of benzene rings is 1. The molecule has 2 N–H and O–H groups in total. The number of halogens is 1. The standard InChI is InChI=1S/C11H16ClNO3/c1-15-11(16-2)7-13-6-8-3-4-10(14)9(12)5-8/h3-5,11,13-14H,6-7H2,1-2H3. The maximum atomic E-state index is 9.24. The van der Waals surface area contributed by atoms with E-state index in [2.05, 4.69) is 5.32 Å². The number of hydrogen-bond acceptors (Lipinski definition) is 4. The third-order valence-corrected chi connectivity index (χ3v) is 2.48. The first-order valence-corrected chi connectivity index (χ1v) is 5.29. The minimum absolute atomic E-state index is 0.0945. The van der Waals surface area contributed by atoms with Crippen LogP contribution in [0.25, 0.3) is 0 Å². The number of nitrogens with one attached hydrogen (secondary N) is 1. The number of ether oxygens (including phenoxy) is 2. The number of phenolic OH excluding ortho intramolecular Hbond substituents is 1. The SMILES string of the molecule is COC(CNCc1ccc(O)c(Cl)c1)OC. The summed E-state index contributed by atoms with van der Waals surface area (Å²) in [5.41, 5.74) is 0.994. The van der Waals surface area contributed by atoms with Crippen LogP contribution in [0.2, 0.25) is 5.02 Å². The minimum Gasteiger partial charge on any atom is -0.506 e. The highest BCUT2D eigenvalue weighted by molar-refractivity contribution is 6.32. The van der Waals surface area contributed by atoms with Gasteiger partial charge in [0.1, 0.15) is 5.75 Å². The third kappa shape index (κ3) is 3.98. The number of hydrogen-bond donors (Lipinski definition) is 2. The Hall–Kier alpha value is -0.810. The Balaban J connectivity index is 2.40. The molecule has 0 saturated heterocycles. The molecule has 0 atom stereocenters. The highest BCUT2D eigenvalue weighted by atomic mass is 35.5. The summed E-state index contributed by atoms with van der Waals surface area (Å²) in [6.07, 6.45) is -0.257. The van der Waals surface area contributed by atoms with Crippen molar-refractivity contribution in [2.24, 2.45) is 0 Å². The number of methoxy groups -OCH3 is 2. The molecule has 0 bridgehead atoms. The van der Waals surface area contributed by atoms with Gasteiger partial charge in [0.05, 0.1) is 5.02 Å². The molecule has 1 rings (SSSR count). The van der Waals surface area contributed by atoms with E-state index in [1.165, 1.54) is 0 Å². The van der Waals surface area contributed by atoms with Crippen LogP contribution in [0.15, 0.2) is 18.2 Å². The lowest BCUT2D eigenvalue weighted by molar-refractivity contribution is -0.0989. The van der Waals surface area contributed by atoms with Crippen molar-refractivity contribution < 1.29 is 14.6 Å². The molecule has 0 amide bonds. The van der Waals surface area contributed by atoms with Gasteiger partial charge in [-0.1, -0.05) is 17.7 Å². The molecule has 0 aromatic heterocycles. The summed E-state index contributed by atoms with van der Waals surface area (Å²) in [5.74, 6) is 0.0945. The molecule has 0 fully saturated rings. The Morgan fingerprint density at radius 3 is 2.62 bits per heavy atom. The molecule has 0 unspecified atom stereocenters. The molecule has 0 saturated carbocycles. The smallest absolute Gasteiger partial charge is 0.169 e. The summed E-state index contributed by atoms with van der Waals surface area (Å²) in [5, 5.41) is 12.8. The number of phenols is 1. The van der Waals surface area contributed by atoms with Crippen LogP contribution < -0.4 is 5.32 Å². The average molecular weight is 246 g/mol. The van der Waals surface area contributed by atoms with Gasteiger partial charge in [-0.15, -0.1) is 0 Å². The van der Waals surface area contributed by atoms with Crippen molar-refractivity contribution in [2.75, 3.05) is 20.8 Å². The second-order valence-electron chi connectivity index (χ2n) is 3.32. The second kappa shape index (κ2) is 6.70. The van der Waals surface area contributed by atoms with Gasteiger partial charge in [0.25, 0.3) is 0 Å². The van der Waals surface area contributed by atoms with Gasteiger partial charge in [0, 0.05) is 27.3 Å². The molecular weight excluding hydrogens is 230 g/mol. The molecule has 90 valence electrons. The Labute approximate surface area is 100 Å². The molecular formula is C11H16ClNO3. The molecule has 0 aliphatic carbocycles. The molecule has 4 nitrogen and oxygen atoms in total. The van der Waals surface area contributed by atoms with E-state index in [0.717, 1.165) is 5.56 Å². The van der Waals surface area contributed by atoms with Crippen molar-refractivity contribution in [1.29, 1.82) is 0 Å². The van der Waals surface area contributed by atoms with Crippen molar-refractivity contribution >= 4 is 11.6 Å². The summed E-state index contributed by atoms with van der Waals surface area (Å²) in [6, 6.07) is 5.10. The predicted molar refractivity (Wildman–Crippen MR) is 62.6 cm³/mol. The topological polar surface area (TPSA) is 50.7 Å². The van der Waals surface area contributed by atoms with Gasteiger partial charge in [0.2, 0.25) is 0 Å². The van der Waals surface area contributed by atoms with Crippen molar-refractivity contribution in [1.82, 2.24) is 5.32 Å². The van der Waals surface area contributed by atoms with Crippen molar-refractivity contribution in [3.8, 4) is 5.75 Å². The van der Waals surface area contributed by atoms with Crippen molar-refractivity contribution in [3.63, 3.8) is 0 Å². The lowest BCUT2D eigenvalue weighted by Crippen LogP contribution is -2.29. The summed E-state index contributed by atoms with van der Waals surface area (Å²) in [7, 11) is 3.18. The predicted octanol–water partition coefficient (Wildman–Crippen LogP) is 1.75. The van der Waals surface area contributed by atoms with Crippen LogP contribution in [0.4, 0.5) is 0 Å². The Morgan fingerprint density at radius 2 is 2.06 bits per heavy atom. The maximum Gasteiger partial charge on any atom is 0.169 e. The van der Waals surface area contributed by atoms with E-state index in [1.807, 2.05) is 6.07 Å². The lowest BCUT2D eigenvalue weighted by Gasteiger charge is -2.14. The summed E-state index contributed by atoms with van der Waals surface area (Å²) >= 11 is 5.78.